The second-order valence-corrected chi connectivity index (χ2v) is 5.69. The first-order valence-corrected chi connectivity index (χ1v) is 5.70. The Balaban J connectivity index is -0.000000144. The summed E-state index contributed by atoms with van der Waals surface area (Å²) < 4.78 is 0. The van der Waals surface area contributed by atoms with Crippen LogP contribution in [0.3, 0.4) is 0 Å². The zero-order valence-electron chi connectivity index (χ0n) is 12.1. The molecule has 0 spiro atoms. The molecule has 0 saturated carbocycles. The summed E-state index contributed by atoms with van der Waals surface area (Å²) in [5.41, 5.74) is 10.7. The summed E-state index contributed by atoms with van der Waals surface area (Å²) in [5, 5.41) is 3.11. The zero-order chi connectivity index (χ0) is 13.1. The molecule has 0 aromatic heterocycles. The maximum absolute atomic E-state index is 5.35. The van der Waals surface area contributed by atoms with Gasteiger partial charge in [0, 0.05) is 11.1 Å². The molecule has 15 heavy (non-hydrogen) atoms. The number of hydrogen-bond acceptors (Lipinski definition) is 3. The third kappa shape index (κ3) is 554. The van der Waals surface area contributed by atoms with Crippen molar-refractivity contribution in [1.82, 2.24) is 5.32 Å². The van der Waals surface area contributed by atoms with Gasteiger partial charge in [0.1, 0.15) is 0 Å². The molecule has 0 bridgehead atoms. The lowest BCUT2D eigenvalue weighted by Crippen LogP contribution is -2.26. The van der Waals surface area contributed by atoms with Crippen molar-refractivity contribution in [2.45, 2.75) is 66.5 Å². The van der Waals surface area contributed by atoms with E-state index in [0.29, 0.717) is 0 Å². The van der Waals surface area contributed by atoms with Crippen LogP contribution in [-0.4, -0.2) is 24.2 Å². The van der Waals surface area contributed by atoms with Gasteiger partial charge in [-0.3, -0.25) is 0 Å². The molecular formula is C12H33N3. The Kier molecular flexibility index (Phi) is 14.1. The molecule has 0 aliphatic rings. The minimum absolute atomic E-state index is 0. The van der Waals surface area contributed by atoms with Crippen molar-refractivity contribution in [3.05, 3.63) is 0 Å². The van der Waals surface area contributed by atoms with Crippen LogP contribution in [0.1, 0.15) is 55.4 Å². The maximum Gasteiger partial charge on any atom is 0.00686 e. The van der Waals surface area contributed by atoms with Crippen molar-refractivity contribution in [2.24, 2.45) is 11.5 Å². The van der Waals surface area contributed by atoms with Gasteiger partial charge in [-0.2, -0.15) is 0 Å². The van der Waals surface area contributed by atoms with E-state index >= 15 is 0 Å². The van der Waals surface area contributed by atoms with E-state index in [9.17, 15) is 0 Å². The van der Waals surface area contributed by atoms with E-state index < -0.39 is 0 Å². The first-order chi connectivity index (χ1) is 6.41. The number of nitrogens with two attached hydrogens (primary N) is 2. The second-order valence-electron chi connectivity index (χ2n) is 5.69. The predicted octanol–water partition coefficient (Wildman–Crippen LogP) is 2.10. The molecule has 96 valence electrons. The topological polar surface area (TPSA) is 64.1 Å². The molecule has 0 fully saturated rings. The SMILES string of the molecule is CC(C)(C)N.CC(C)(C)N.CCNCC. The Morgan fingerprint density at radius 2 is 0.867 bits per heavy atom. The molecule has 0 saturated heterocycles. The number of rotatable bonds is 2. The normalized spacial score (nSPS) is 10.8. The first-order valence-electron chi connectivity index (χ1n) is 5.70. The average molecular weight is 219 g/mol. The largest absolute Gasteiger partial charge is 0.326 e. The zero-order valence-corrected chi connectivity index (χ0v) is 12.1. The van der Waals surface area contributed by atoms with E-state index in [4.69, 9.17) is 11.5 Å². The van der Waals surface area contributed by atoms with Gasteiger partial charge in [-0.05, 0) is 54.6 Å². The van der Waals surface area contributed by atoms with Crippen molar-refractivity contribution in [1.29, 1.82) is 0 Å². The predicted molar refractivity (Wildman–Crippen MR) is 72.1 cm³/mol. The van der Waals surface area contributed by atoms with E-state index in [1.54, 1.807) is 0 Å². The van der Waals surface area contributed by atoms with Gasteiger partial charge in [-0.15, -0.1) is 0 Å². The fourth-order valence-electron chi connectivity index (χ4n) is 0.250. The van der Waals surface area contributed by atoms with Gasteiger partial charge in [0.25, 0.3) is 0 Å². The molecule has 0 aliphatic heterocycles. The monoisotopic (exact) mass is 219 g/mol. The van der Waals surface area contributed by atoms with Gasteiger partial charge in [-0.25, -0.2) is 0 Å². The lowest BCUT2D eigenvalue weighted by Gasteiger charge is -2.06. The average Bonchev–Trinajstić information content (AvgIpc) is 1.80. The second kappa shape index (κ2) is 10.4. The molecule has 0 aliphatic carbocycles. The molecule has 0 aromatic rings. The van der Waals surface area contributed by atoms with E-state index in [1.807, 2.05) is 41.5 Å². The van der Waals surface area contributed by atoms with E-state index in [0.717, 1.165) is 13.1 Å². The number of nitrogens with one attached hydrogen (secondary N) is 1. The third-order valence-electron chi connectivity index (χ3n) is 0.500. The summed E-state index contributed by atoms with van der Waals surface area (Å²) in [6.45, 7) is 18.2. The van der Waals surface area contributed by atoms with Crippen LogP contribution in [0.25, 0.3) is 0 Å². The summed E-state index contributed by atoms with van der Waals surface area (Å²) in [4.78, 5) is 0. The highest BCUT2D eigenvalue weighted by molar-refractivity contribution is 4.60. The highest BCUT2D eigenvalue weighted by Crippen LogP contribution is 1.88. The summed E-state index contributed by atoms with van der Waals surface area (Å²) in [6.07, 6.45) is 0. The molecule has 5 N–H and O–H groups in total. The highest BCUT2D eigenvalue weighted by Gasteiger charge is 1.96. The molecule has 0 heterocycles. The van der Waals surface area contributed by atoms with Gasteiger partial charge in [0.2, 0.25) is 0 Å². The van der Waals surface area contributed by atoms with Gasteiger partial charge >= 0.3 is 0 Å². The molecule has 0 rings (SSSR count). The summed E-state index contributed by atoms with van der Waals surface area (Å²) in [7, 11) is 0. The molecular weight excluding hydrogens is 186 g/mol. The van der Waals surface area contributed by atoms with Crippen molar-refractivity contribution < 1.29 is 0 Å². The summed E-state index contributed by atoms with van der Waals surface area (Å²) in [5.74, 6) is 0. The molecule has 0 aromatic carbocycles. The van der Waals surface area contributed by atoms with Gasteiger partial charge in [0.05, 0.1) is 0 Å². The van der Waals surface area contributed by atoms with Crippen molar-refractivity contribution in [3.63, 3.8) is 0 Å². The molecule has 3 nitrogen and oxygen atoms in total. The quantitative estimate of drug-likeness (QED) is 0.666. The van der Waals surface area contributed by atoms with Crippen LogP contribution in [0.15, 0.2) is 0 Å². The lowest BCUT2D eigenvalue weighted by atomic mass is 10.1. The van der Waals surface area contributed by atoms with Gasteiger partial charge in [-0.1, -0.05) is 13.8 Å². The molecule has 3 heteroatoms. The van der Waals surface area contributed by atoms with Crippen LogP contribution < -0.4 is 16.8 Å². The standard InChI is InChI=1S/3C4H11N/c2*1-4(2,3)5;1-3-5-4-2/h2*5H2,1-3H3;5H,3-4H2,1-2H3. The van der Waals surface area contributed by atoms with Crippen LogP contribution in [0, 0.1) is 0 Å². The molecule has 0 radical (unpaired) electrons. The van der Waals surface area contributed by atoms with Crippen LogP contribution in [0.4, 0.5) is 0 Å². The van der Waals surface area contributed by atoms with Crippen molar-refractivity contribution in [2.75, 3.05) is 13.1 Å². The van der Waals surface area contributed by atoms with E-state index in [1.165, 1.54) is 0 Å². The Morgan fingerprint density at radius 1 is 0.733 bits per heavy atom. The minimum Gasteiger partial charge on any atom is -0.326 e. The Labute approximate surface area is 97.0 Å². The van der Waals surface area contributed by atoms with Crippen LogP contribution in [0.5, 0.6) is 0 Å². The Morgan fingerprint density at radius 3 is 0.867 bits per heavy atom. The van der Waals surface area contributed by atoms with Crippen LogP contribution in [-0.2, 0) is 0 Å². The molecule has 0 amide bonds. The summed E-state index contributed by atoms with van der Waals surface area (Å²) in [6, 6.07) is 0. The first kappa shape index (κ1) is 20.3. The lowest BCUT2D eigenvalue weighted by molar-refractivity contribution is 0.579. The highest BCUT2D eigenvalue weighted by atomic mass is 14.8. The van der Waals surface area contributed by atoms with Crippen molar-refractivity contribution >= 4 is 0 Å². The van der Waals surface area contributed by atoms with Crippen LogP contribution >= 0.6 is 0 Å². The maximum atomic E-state index is 5.35. The summed E-state index contributed by atoms with van der Waals surface area (Å²) >= 11 is 0. The molecule has 0 atom stereocenters. The van der Waals surface area contributed by atoms with Gasteiger partial charge < -0.3 is 16.8 Å². The van der Waals surface area contributed by atoms with E-state index in [2.05, 4.69) is 19.2 Å². The van der Waals surface area contributed by atoms with E-state index in [-0.39, 0.29) is 11.1 Å². The number of hydrogen-bond donors (Lipinski definition) is 3. The Hall–Kier alpha value is -0.120. The van der Waals surface area contributed by atoms with Gasteiger partial charge in [0.15, 0.2) is 0 Å². The smallest absolute Gasteiger partial charge is 0.00686 e. The van der Waals surface area contributed by atoms with Crippen molar-refractivity contribution in [3.8, 4) is 0 Å². The Bertz CT molecular complexity index is 83.0. The fourth-order valence-corrected chi connectivity index (χ4v) is 0.250. The van der Waals surface area contributed by atoms with Crippen LogP contribution in [0.2, 0.25) is 0 Å². The fraction of sp³-hybridized carbons (Fsp3) is 1.00. The minimum atomic E-state index is 0. The molecule has 0 unspecified atom stereocenters. The third-order valence-corrected chi connectivity index (χ3v) is 0.500.